The molecule has 0 saturated carbocycles. The largest absolute Gasteiger partial charge is 0.466 e. The molecule has 1 aliphatic rings. The lowest BCUT2D eigenvalue weighted by Crippen LogP contribution is -2.40. The molecule has 0 fully saturated rings. The second-order valence-corrected chi connectivity index (χ2v) is 8.09. The van der Waals surface area contributed by atoms with Gasteiger partial charge in [0.15, 0.2) is 0 Å². The number of nitriles is 1. The van der Waals surface area contributed by atoms with Crippen LogP contribution in [0.25, 0.3) is 0 Å². The summed E-state index contributed by atoms with van der Waals surface area (Å²) in [6, 6.07) is 14.2. The van der Waals surface area contributed by atoms with E-state index in [1.165, 1.54) is 19.1 Å². The number of esters is 2. The van der Waals surface area contributed by atoms with Gasteiger partial charge in [0.2, 0.25) is 0 Å². The van der Waals surface area contributed by atoms with Crippen molar-refractivity contribution in [2.24, 2.45) is 5.73 Å². The Kier molecular flexibility index (Phi) is 6.92. The lowest BCUT2D eigenvalue weighted by molar-refractivity contribution is -0.139. The van der Waals surface area contributed by atoms with Crippen molar-refractivity contribution in [3.05, 3.63) is 85.8 Å². The summed E-state index contributed by atoms with van der Waals surface area (Å²) in [4.78, 5) is 27.3. The zero-order chi connectivity index (χ0) is 23.6. The van der Waals surface area contributed by atoms with Crippen LogP contribution in [0, 0.1) is 18.3 Å². The first-order valence-corrected chi connectivity index (χ1v) is 10.5. The van der Waals surface area contributed by atoms with Crippen LogP contribution in [-0.4, -0.2) is 26.2 Å². The fourth-order valence-corrected chi connectivity index (χ4v) is 4.11. The van der Waals surface area contributed by atoms with Gasteiger partial charge in [0, 0.05) is 10.2 Å². The van der Waals surface area contributed by atoms with Gasteiger partial charge in [0.05, 0.1) is 42.4 Å². The first kappa shape index (κ1) is 23.4. The number of hydrogen-bond acceptors (Lipinski definition) is 7. The molecule has 0 radical (unpaired) electrons. The van der Waals surface area contributed by atoms with Crippen molar-refractivity contribution < 1.29 is 19.1 Å². The zero-order valence-corrected chi connectivity index (χ0v) is 19.8. The standard InChI is InChI=1S/C23H19BrClN3O4/c1-12-9-14(10-16(25)19(12)24)28-20(23(30)32-3)18(22(29)31-2)17(15(11-26)21(28)27)13-7-5-4-6-8-13/h4-10,17H,27H2,1-3H3. The van der Waals surface area contributed by atoms with E-state index in [2.05, 4.69) is 22.0 Å². The number of carbonyl (C=O) groups excluding carboxylic acids is 2. The molecule has 0 aromatic heterocycles. The third-order valence-electron chi connectivity index (χ3n) is 5.06. The SMILES string of the molecule is COC(=O)C1=C(C(=O)OC)N(c2cc(C)c(Br)c(Cl)c2)C(N)=C(C#N)C1c1ccccc1. The number of rotatable bonds is 4. The van der Waals surface area contributed by atoms with Crippen LogP contribution in [-0.2, 0) is 19.1 Å². The Labute approximate surface area is 198 Å². The highest BCUT2D eigenvalue weighted by molar-refractivity contribution is 9.10. The Balaban J connectivity index is 2.44. The molecule has 1 unspecified atom stereocenters. The molecule has 7 nitrogen and oxygen atoms in total. The quantitative estimate of drug-likeness (QED) is 0.604. The van der Waals surface area contributed by atoms with Crippen molar-refractivity contribution in [3.8, 4) is 6.07 Å². The predicted octanol–water partition coefficient (Wildman–Crippen LogP) is 4.31. The summed E-state index contributed by atoms with van der Waals surface area (Å²) >= 11 is 9.75. The van der Waals surface area contributed by atoms with E-state index in [0.717, 1.165) is 5.56 Å². The van der Waals surface area contributed by atoms with Gasteiger partial charge in [-0.2, -0.15) is 5.26 Å². The number of nitrogens with two attached hydrogens (primary N) is 1. The van der Waals surface area contributed by atoms with Gasteiger partial charge in [-0.05, 0) is 46.1 Å². The number of nitrogens with zero attached hydrogens (tertiary/aromatic N) is 2. The number of allylic oxidation sites excluding steroid dienone is 1. The van der Waals surface area contributed by atoms with E-state index >= 15 is 0 Å². The number of ether oxygens (including phenoxy) is 2. The van der Waals surface area contributed by atoms with Gasteiger partial charge >= 0.3 is 11.9 Å². The summed E-state index contributed by atoms with van der Waals surface area (Å²) < 4.78 is 10.7. The van der Waals surface area contributed by atoms with Crippen molar-refractivity contribution in [3.63, 3.8) is 0 Å². The molecular formula is C23H19BrClN3O4. The first-order valence-electron chi connectivity index (χ1n) is 9.38. The number of benzene rings is 2. The van der Waals surface area contributed by atoms with Crippen LogP contribution in [0.1, 0.15) is 17.0 Å². The number of anilines is 1. The normalized spacial score (nSPS) is 16.0. The molecule has 1 aliphatic heterocycles. The number of aryl methyl sites for hydroxylation is 1. The highest BCUT2D eigenvalue weighted by atomic mass is 79.9. The Morgan fingerprint density at radius 1 is 1.16 bits per heavy atom. The third-order valence-corrected chi connectivity index (χ3v) is 6.64. The average molecular weight is 517 g/mol. The minimum Gasteiger partial charge on any atom is -0.466 e. The van der Waals surface area contributed by atoms with Gasteiger partial charge in [-0.3, -0.25) is 4.90 Å². The van der Waals surface area contributed by atoms with E-state index in [0.29, 0.717) is 20.7 Å². The number of carbonyl (C=O) groups is 2. The minimum atomic E-state index is -0.925. The molecule has 2 aromatic carbocycles. The molecule has 0 aliphatic carbocycles. The smallest absolute Gasteiger partial charge is 0.355 e. The number of halogens is 2. The molecule has 1 atom stereocenters. The first-order chi connectivity index (χ1) is 15.3. The third kappa shape index (κ3) is 3.97. The Bertz CT molecular complexity index is 1180. The number of methoxy groups -OCH3 is 2. The molecule has 0 saturated heterocycles. The Morgan fingerprint density at radius 2 is 1.78 bits per heavy atom. The lowest BCUT2D eigenvalue weighted by atomic mass is 9.81. The van der Waals surface area contributed by atoms with Gasteiger partial charge in [0.25, 0.3) is 0 Å². The van der Waals surface area contributed by atoms with Crippen LogP contribution in [0.5, 0.6) is 0 Å². The average Bonchev–Trinajstić information content (AvgIpc) is 2.80. The maximum absolute atomic E-state index is 13.0. The maximum Gasteiger partial charge on any atom is 0.355 e. The minimum absolute atomic E-state index is 0.0211. The number of hydrogen-bond donors (Lipinski definition) is 1. The highest BCUT2D eigenvalue weighted by Gasteiger charge is 2.43. The predicted molar refractivity (Wildman–Crippen MR) is 123 cm³/mol. The van der Waals surface area contributed by atoms with E-state index in [9.17, 15) is 14.9 Å². The summed E-state index contributed by atoms with van der Waals surface area (Å²) in [6.07, 6.45) is 0. The van der Waals surface area contributed by atoms with Crippen LogP contribution in [0.15, 0.2) is 69.6 Å². The van der Waals surface area contributed by atoms with E-state index in [1.807, 2.05) is 6.92 Å². The summed E-state index contributed by atoms with van der Waals surface area (Å²) in [7, 11) is 2.39. The molecule has 0 amide bonds. The van der Waals surface area contributed by atoms with Gasteiger partial charge < -0.3 is 15.2 Å². The van der Waals surface area contributed by atoms with Gasteiger partial charge in [-0.15, -0.1) is 0 Å². The zero-order valence-electron chi connectivity index (χ0n) is 17.5. The lowest BCUT2D eigenvalue weighted by Gasteiger charge is -2.36. The molecule has 3 rings (SSSR count). The molecule has 2 aromatic rings. The van der Waals surface area contributed by atoms with Crippen LogP contribution in [0.4, 0.5) is 5.69 Å². The van der Waals surface area contributed by atoms with E-state index < -0.39 is 17.9 Å². The van der Waals surface area contributed by atoms with E-state index in [-0.39, 0.29) is 22.7 Å². The Hall–Kier alpha value is -3.28. The Morgan fingerprint density at radius 3 is 2.31 bits per heavy atom. The second kappa shape index (κ2) is 9.47. The summed E-state index contributed by atoms with van der Waals surface area (Å²) in [6.45, 7) is 1.81. The second-order valence-electron chi connectivity index (χ2n) is 6.89. The monoisotopic (exact) mass is 515 g/mol. The van der Waals surface area contributed by atoms with Gasteiger partial charge in [0.1, 0.15) is 11.5 Å². The molecule has 32 heavy (non-hydrogen) atoms. The topological polar surface area (TPSA) is 106 Å². The van der Waals surface area contributed by atoms with Crippen molar-refractivity contribution in [1.29, 1.82) is 5.26 Å². The molecule has 9 heteroatoms. The van der Waals surface area contributed by atoms with Crippen molar-refractivity contribution in [2.45, 2.75) is 12.8 Å². The fourth-order valence-electron chi connectivity index (χ4n) is 3.62. The highest BCUT2D eigenvalue weighted by Crippen LogP contribution is 2.44. The molecule has 0 spiro atoms. The molecule has 164 valence electrons. The molecule has 2 N–H and O–H groups in total. The summed E-state index contributed by atoms with van der Waals surface area (Å²) in [5.41, 5.74) is 8.06. The van der Waals surface area contributed by atoms with Gasteiger partial charge in [-0.25, -0.2) is 9.59 Å². The molecule has 1 heterocycles. The molecular weight excluding hydrogens is 498 g/mol. The molecule has 0 bridgehead atoms. The van der Waals surface area contributed by atoms with E-state index in [4.69, 9.17) is 26.8 Å². The van der Waals surface area contributed by atoms with Crippen LogP contribution in [0.2, 0.25) is 5.02 Å². The summed E-state index contributed by atoms with van der Waals surface area (Å²) in [5.74, 6) is -2.55. The van der Waals surface area contributed by atoms with Crippen LogP contribution >= 0.6 is 27.5 Å². The van der Waals surface area contributed by atoms with Gasteiger partial charge in [-0.1, -0.05) is 41.9 Å². The van der Waals surface area contributed by atoms with Crippen LogP contribution in [0.3, 0.4) is 0 Å². The van der Waals surface area contributed by atoms with Crippen LogP contribution < -0.4 is 10.6 Å². The van der Waals surface area contributed by atoms with E-state index in [1.54, 1.807) is 42.5 Å². The van der Waals surface area contributed by atoms with Crippen molar-refractivity contribution in [1.82, 2.24) is 0 Å². The maximum atomic E-state index is 13.0. The summed E-state index contributed by atoms with van der Waals surface area (Å²) in [5, 5.41) is 10.4. The van der Waals surface area contributed by atoms with Crippen molar-refractivity contribution in [2.75, 3.05) is 19.1 Å². The van der Waals surface area contributed by atoms with Crippen molar-refractivity contribution >= 4 is 45.2 Å². The fraction of sp³-hybridized carbons (Fsp3) is 0.174.